The summed E-state index contributed by atoms with van der Waals surface area (Å²) in [7, 11) is 0. The highest BCUT2D eigenvalue weighted by atomic mass is 16.2. The first kappa shape index (κ1) is 15.0. The van der Waals surface area contributed by atoms with Gasteiger partial charge in [-0.05, 0) is 56.8 Å². The SMILES string of the molecule is CCCN(CC1CCCNC1)C(=O)c1ncccc1C. The van der Waals surface area contributed by atoms with E-state index >= 15 is 0 Å². The Kier molecular flexibility index (Phi) is 5.53. The molecule has 20 heavy (non-hydrogen) atoms. The quantitative estimate of drug-likeness (QED) is 0.896. The maximum atomic E-state index is 12.7. The zero-order valence-electron chi connectivity index (χ0n) is 12.6. The third-order valence-electron chi connectivity index (χ3n) is 3.87. The van der Waals surface area contributed by atoms with Crippen LogP contribution in [0, 0.1) is 12.8 Å². The average molecular weight is 275 g/mol. The number of carbonyl (C=O) groups is 1. The summed E-state index contributed by atoms with van der Waals surface area (Å²) in [6.45, 7) is 7.85. The molecule has 2 rings (SSSR count). The zero-order valence-corrected chi connectivity index (χ0v) is 12.6. The average Bonchev–Trinajstić information content (AvgIpc) is 2.48. The second-order valence-corrected chi connectivity index (χ2v) is 5.63. The van der Waals surface area contributed by atoms with Gasteiger partial charge in [0.2, 0.25) is 0 Å². The van der Waals surface area contributed by atoms with Crippen LogP contribution in [0.15, 0.2) is 18.3 Å². The highest BCUT2D eigenvalue weighted by Crippen LogP contribution is 2.15. The molecule has 1 aromatic rings. The minimum atomic E-state index is 0.0792. The molecule has 4 heteroatoms. The number of amides is 1. The van der Waals surface area contributed by atoms with Gasteiger partial charge in [-0.3, -0.25) is 9.78 Å². The van der Waals surface area contributed by atoms with E-state index in [9.17, 15) is 4.79 Å². The molecule has 1 amide bonds. The molecule has 1 aromatic heterocycles. The molecule has 1 aliphatic heterocycles. The summed E-state index contributed by atoms with van der Waals surface area (Å²) in [6.07, 6.45) is 5.10. The Morgan fingerprint density at radius 3 is 3.05 bits per heavy atom. The van der Waals surface area contributed by atoms with E-state index in [-0.39, 0.29) is 5.91 Å². The first-order chi connectivity index (χ1) is 9.72. The van der Waals surface area contributed by atoms with Crippen LogP contribution in [-0.2, 0) is 0 Å². The van der Waals surface area contributed by atoms with Crippen LogP contribution in [0.2, 0.25) is 0 Å². The molecule has 0 spiro atoms. The van der Waals surface area contributed by atoms with Crippen LogP contribution in [0.5, 0.6) is 0 Å². The van der Waals surface area contributed by atoms with Gasteiger partial charge in [-0.1, -0.05) is 13.0 Å². The van der Waals surface area contributed by atoms with Crippen molar-refractivity contribution in [1.29, 1.82) is 0 Å². The normalized spacial score (nSPS) is 18.8. The highest BCUT2D eigenvalue weighted by molar-refractivity contribution is 5.93. The predicted molar refractivity (Wildman–Crippen MR) is 80.8 cm³/mol. The number of rotatable bonds is 5. The smallest absolute Gasteiger partial charge is 0.272 e. The number of aryl methyl sites for hydroxylation is 1. The summed E-state index contributed by atoms with van der Waals surface area (Å²) >= 11 is 0. The lowest BCUT2D eigenvalue weighted by atomic mass is 9.98. The van der Waals surface area contributed by atoms with Crippen LogP contribution < -0.4 is 5.32 Å². The minimum Gasteiger partial charge on any atom is -0.337 e. The molecule has 1 aliphatic rings. The van der Waals surface area contributed by atoms with Gasteiger partial charge >= 0.3 is 0 Å². The van der Waals surface area contributed by atoms with Crippen LogP contribution in [0.3, 0.4) is 0 Å². The van der Waals surface area contributed by atoms with E-state index in [4.69, 9.17) is 0 Å². The van der Waals surface area contributed by atoms with Gasteiger partial charge in [0.05, 0.1) is 0 Å². The zero-order chi connectivity index (χ0) is 14.4. The molecule has 0 saturated carbocycles. The Labute approximate surface area is 121 Å². The van der Waals surface area contributed by atoms with Crippen LogP contribution in [0.1, 0.15) is 42.2 Å². The topological polar surface area (TPSA) is 45.2 Å². The minimum absolute atomic E-state index is 0.0792. The van der Waals surface area contributed by atoms with E-state index in [1.165, 1.54) is 12.8 Å². The lowest BCUT2D eigenvalue weighted by Crippen LogP contribution is -2.41. The van der Waals surface area contributed by atoms with Crippen LogP contribution in [-0.4, -0.2) is 42.0 Å². The Bertz CT molecular complexity index is 441. The molecule has 1 unspecified atom stereocenters. The number of carbonyl (C=O) groups excluding carboxylic acids is 1. The fourth-order valence-electron chi connectivity index (χ4n) is 2.80. The number of pyridine rings is 1. The molecule has 110 valence electrons. The van der Waals surface area contributed by atoms with Gasteiger partial charge in [0.15, 0.2) is 0 Å². The van der Waals surface area contributed by atoms with Crippen molar-refractivity contribution in [1.82, 2.24) is 15.2 Å². The summed E-state index contributed by atoms with van der Waals surface area (Å²) < 4.78 is 0. The van der Waals surface area contributed by atoms with E-state index in [0.29, 0.717) is 11.6 Å². The number of aromatic nitrogens is 1. The number of nitrogens with one attached hydrogen (secondary N) is 1. The molecule has 1 fully saturated rings. The first-order valence-corrected chi connectivity index (χ1v) is 7.64. The first-order valence-electron chi connectivity index (χ1n) is 7.64. The fourth-order valence-corrected chi connectivity index (χ4v) is 2.80. The third-order valence-corrected chi connectivity index (χ3v) is 3.87. The van der Waals surface area contributed by atoms with Gasteiger partial charge in [-0.2, -0.15) is 0 Å². The van der Waals surface area contributed by atoms with E-state index in [0.717, 1.165) is 38.2 Å². The molecule has 2 heterocycles. The molecule has 1 N–H and O–H groups in total. The molecule has 1 saturated heterocycles. The molecule has 0 bridgehead atoms. The summed E-state index contributed by atoms with van der Waals surface area (Å²) in [5.74, 6) is 0.652. The van der Waals surface area contributed by atoms with Crippen LogP contribution >= 0.6 is 0 Å². The summed E-state index contributed by atoms with van der Waals surface area (Å²) in [4.78, 5) is 18.9. The van der Waals surface area contributed by atoms with E-state index in [2.05, 4.69) is 17.2 Å². The highest BCUT2D eigenvalue weighted by Gasteiger charge is 2.22. The van der Waals surface area contributed by atoms with E-state index in [1.807, 2.05) is 24.0 Å². The monoisotopic (exact) mass is 275 g/mol. The predicted octanol–water partition coefficient (Wildman–Crippen LogP) is 2.24. The van der Waals surface area contributed by atoms with Crippen molar-refractivity contribution in [2.24, 2.45) is 5.92 Å². The number of hydrogen-bond acceptors (Lipinski definition) is 3. The van der Waals surface area contributed by atoms with E-state index in [1.54, 1.807) is 6.20 Å². The van der Waals surface area contributed by atoms with Crippen LogP contribution in [0.25, 0.3) is 0 Å². The standard InChI is InChI=1S/C16H25N3O/c1-3-10-19(12-14-7-5-8-17-11-14)16(20)15-13(2)6-4-9-18-15/h4,6,9,14,17H,3,5,7-8,10-12H2,1-2H3. The van der Waals surface area contributed by atoms with Crippen molar-refractivity contribution >= 4 is 5.91 Å². The second-order valence-electron chi connectivity index (χ2n) is 5.63. The van der Waals surface area contributed by atoms with Gasteiger partial charge in [0, 0.05) is 19.3 Å². The van der Waals surface area contributed by atoms with Gasteiger partial charge in [-0.15, -0.1) is 0 Å². The van der Waals surface area contributed by atoms with Crippen molar-refractivity contribution in [3.05, 3.63) is 29.6 Å². The second kappa shape index (κ2) is 7.39. The van der Waals surface area contributed by atoms with Gasteiger partial charge in [0.25, 0.3) is 5.91 Å². The number of nitrogens with zero attached hydrogens (tertiary/aromatic N) is 2. The van der Waals surface area contributed by atoms with Crippen molar-refractivity contribution < 1.29 is 4.79 Å². The Morgan fingerprint density at radius 2 is 2.40 bits per heavy atom. The fraction of sp³-hybridized carbons (Fsp3) is 0.625. The maximum Gasteiger partial charge on any atom is 0.272 e. The van der Waals surface area contributed by atoms with Gasteiger partial charge in [0.1, 0.15) is 5.69 Å². The molecular weight excluding hydrogens is 250 g/mol. The van der Waals surface area contributed by atoms with Crippen LogP contribution in [0.4, 0.5) is 0 Å². The molecule has 4 nitrogen and oxygen atoms in total. The Balaban J connectivity index is 2.07. The lowest BCUT2D eigenvalue weighted by molar-refractivity contribution is 0.0712. The molecule has 1 atom stereocenters. The maximum absolute atomic E-state index is 12.7. The van der Waals surface area contributed by atoms with Crippen molar-refractivity contribution in [2.45, 2.75) is 33.1 Å². The lowest BCUT2D eigenvalue weighted by Gasteiger charge is -2.30. The molecule has 0 aromatic carbocycles. The van der Waals surface area contributed by atoms with Crippen molar-refractivity contribution in [2.75, 3.05) is 26.2 Å². The largest absolute Gasteiger partial charge is 0.337 e. The van der Waals surface area contributed by atoms with E-state index < -0.39 is 0 Å². The van der Waals surface area contributed by atoms with Crippen molar-refractivity contribution in [3.63, 3.8) is 0 Å². The number of piperidine rings is 1. The summed E-state index contributed by atoms with van der Waals surface area (Å²) in [5, 5.41) is 3.42. The van der Waals surface area contributed by atoms with Gasteiger partial charge in [-0.25, -0.2) is 0 Å². The number of hydrogen-bond donors (Lipinski definition) is 1. The van der Waals surface area contributed by atoms with Crippen molar-refractivity contribution in [3.8, 4) is 0 Å². The molecule has 0 aliphatic carbocycles. The Hall–Kier alpha value is -1.42. The summed E-state index contributed by atoms with van der Waals surface area (Å²) in [6, 6.07) is 3.83. The summed E-state index contributed by atoms with van der Waals surface area (Å²) in [5.41, 5.74) is 1.56. The molecular formula is C16H25N3O. The third kappa shape index (κ3) is 3.79. The molecule has 0 radical (unpaired) electrons. The van der Waals surface area contributed by atoms with Gasteiger partial charge < -0.3 is 10.2 Å². The Morgan fingerprint density at radius 1 is 1.55 bits per heavy atom.